The van der Waals surface area contributed by atoms with Crippen LogP contribution in [0.2, 0.25) is 0 Å². The highest BCUT2D eigenvalue weighted by atomic mass is 79.9. The van der Waals surface area contributed by atoms with E-state index >= 15 is 0 Å². The molecule has 0 saturated carbocycles. The topological polar surface area (TPSA) is 37.8 Å². The Hall–Kier alpha value is -0.850. The van der Waals surface area contributed by atoms with E-state index in [0.717, 1.165) is 35.4 Å². The Bertz CT molecular complexity index is 544. The SMILES string of the molecule is CCNCCCc1nnc(-c2cc(Br)ccc2F)s1. The fraction of sp³-hybridized carbons (Fsp3) is 0.385. The van der Waals surface area contributed by atoms with E-state index in [-0.39, 0.29) is 5.82 Å². The maximum absolute atomic E-state index is 13.7. The lowest BCUT2D eigenvalue weighted by molar-refractivity contribution is 0.630. The molecule has 0 bridgehead atoms. The van der Waals surface area contributed by atoms with Crippen molar-refractivity contribution in [2.24, 2.45) is 0 Å². The Balaban J connectivity index is 2.06. The van der Waals surface area contributed by atoms with Gasteiger partial charge in [0.15, 0.2) is 5.01 Å². The maximum Gasteiger partial charge on any atom is 0.150 e. The first-order chi connectivity index (χ1) is 9.20. The highest BCUT2D eigenvalue weighted by Gasteiger charge is 2.11. The molecule has 3 nitrogen and oxygen atoms in total. The zero-order chi connectivity index (χ0) is 13.7. The summed E-state index contributed by atoms with van der Waals surface area (Å²) in [7, 11) is 0. The molecule has 1 heterocycles. The van der Waals surface area contributed by atoms with Gasteiger partial charge in [0.2, 0.25) is 0 Å². The molecule has 0 amide bonds. The summed E-state index contributed by atoms with van der Waals surface area (Å²) >= 11 is 4.80. The number of hydrogen-bond acceptors (Lipinski definition) is 4. The van der Waals surface area contributed by atoms with Crippen LogP contribution in [0.1, 0.15) is 18.4 Å². The van der Waals surface area contributed by atoms with Crippen molar-refractivity contribution in [2.75, 3.05) is 13.1 Å². The van der Waals surface area contributed by atoms with Crippen LogP contribution in [0.5, 0.6) is 0 Å². The predicted octanol–water partition coefficient (Wildman–Crippen LogP) is 3.65. The molecule has 6 heteroatoms. The van der Waals surface area contributed by atoms with Gasteiger partial charge in [-0.2, -0.15) is 0 Å². The summed E-state index contributed by atoms with van der Waals surface area (Å²) < 4.78 is 14.6. The third kappa shape index (κ3) is 4.06. The standard InChI is InChI=1S/C13H15BrFN3S/c1-2-16-7-3-4-12-17-18-13(19-12)10-8-9(14)5-6-11(10)15/h5-6,8,16H,2-4,7H2,1H3. The number of rotatable bonds is 6. The molecule has 102 valence electrons. The van der Waals surface area contributed by atoms with Gasteiger partial charge in [-0.3, -0.25) is 0 Å². The van der Waals surface area contributed by atoms with Crippen molar-refractivity contribution in [1.29, 1.82) is 0 Å². The molecule has 0 fully saturated rings. The lowest BCUT2D eigenvalue weighted by Gasteiger charge is -1.99. The minimum atomic E-state index is -0.265. The van der Waals surface area contributed by atoms with Crippen LogP contribution in [0, 0.1) is 5.82 Å². The van der Waals surface area contributed by atoms with Crippen molar-refractivity contribution in [2.45, 2.75) is 19.8 Å². The van der Waals surface area contributed by atoms with Crippen LogP contribution in [0.15, 0.2) is 22.7 Å². The molecule has 2 rings (SSSR count). The first kappa shape index (κ1) is 14.6. The van der Waals surface area contributed by atoms with Crippen LogP contribution in [-0.2, 0) is 6.42 Å². The third-order valence-corrected chi connectivity index (χ3v) is 4.13. The van der Waals surface area contributed by atoms with Crippen molar-refractivity contribution in [3.8, 4) is 10.6 Å². The molecule has 1 aromatic heterocycles. The molecule has 1 N–H and O–H groups in total. The van der Waals surface area contributed by atoms with Gasteiger partial charge in [-0.15, -0.1) is 10.2 Å². The molecule has 0 spiro atoms. The zero-order valence-corrected chi connectivity index (χ0v) is 13.0. The Labute approximate surface area is 124 Å². The number of halogens is 2. The molecule has 0 aliphatic heterocycles. The predicted molar refractivity (Wildman–Crippen MR) is 79.9 cm³/mol. The summed E-state index contributed by atoms with van der Waals surface area (Å²) in [6, 6.07) is 4.85. The molecular formula is C13H15BrFN3S. The maximum atomic E-state index is 13.7. The Morgan fingerprint density at radius 1 is 1.37 bits per heavy atom. The molecule has 0 saturated heterocycles. The van der Waals surface area contributed by atoms with Crippen LogP contribution in [0.4, 0.5) is 4.39 Å². The van der Waals surface area contributed by atoms with Crippen molar-refractivity contribution in [3.63, 3.8) is 0 Å². The summed E-state index contributed by atoms with van der Waals surface area (Å²) in [5.41, 5.74) is 0.504. The van der Waals surface area contributed by atoms with Gasteiger partial charge in [0.1, 0.15) is 10.8 Å². The van der Waals surface area contributed by atoms with Crippen molar-refractivity contribution in [1.82, 2.24) is 15.5 Å². The highest BCUT2D eigenvalue weighted by molar-refractivity contribution is 9.10. The van der Waals surface area contributed by atoms with Crippen LogP contribution in [0.25, 0.3) is 10.6 Å². The Morgan fingerprint density at radius 3 is 3.00 bits per heavy atom. The average Bonchev–Trinajstić information content (AvgIpc) is 2.86. The second-order valence-electron chi connectivity index (χ2n) is 4.08. The second kappa shape index (κ2) is 7.07. The van der Waals surface area contributed by atoms with E-state index in [9.17, 15) is 4.39 Å². The number of benzene rings is 1. The van der Waals surface area contributed by atoms with Gasteiger partial charge < -0.3 is 5.32 Å². The first-order valence-corrected chi connectivity index (χ1v) is 7.80. The lowest BCUT2D eigenvalue weighted by atomic mass is 10.2. The number of nitrogens with zero attached hydrogens (tertiary/aromatic N) is 2. The number of aryl methyl sites for hydroxylation is 1. The van der Waals surface area contributed by atoms with E-state index in [1.807, 2.05) is 0 Å². The first-order valence-electron chi connectivity index (χ1n) is 6.19. The molecule has 0 aliphatic carbocycles. The molecule has 0 radical (unpaired) electrons. The van der Waals surface area contributed by atoms with Crippen LogP contribution < -0.4 is 5.32 Å². The summed E-state index contributed by atoms with van der Waals surface area (Å²) in [5.74, 6) is -0.265. The minimum Gasteiger partial charge on any atom is -0.317 e. The fourth-order valence-corrected chi connectivity index (χ4v) is 2.93. The molecule has 0 aliphatic rings. The largest absolute Gasteiger partial charge is 0.317 e. The number of hydrogen-bond donors (Lipinski definition) is 1. The summed E-state index contributed by atoms with van der Waals surface area (Å²) in [5, 5.41) is 13.0. The number of nitrogens with one attached hydrogen (secondary N) is 1. The Morgan fingerprint density at radius 2 is 2.21 bits per heavy atom. The normalized spacial score (nSPS) is 10.9. The van der Waals surface area contributed by atoms with Gasteiger partial charge in [-0.25, -0.2) is 4.39 Å². The number of aromatic nitrogens is 2. The molecule has 19 heavy (non-hydrogen) atoms. The van der Waals surface area contributed by atoms with Crippen molar-refractivity contribution >= 4 is 27.3 Å². The van der Waals surface area contributed by atoms with Gasteiger partial charge in [-0.1, -0.05) is 34.2 Å². The van der Waals surface area contributed by atoms with Crippen LogP contribution in [0.3, 0.4) is 0 Å². The van der Waals surface area contributed by atoms with Crippen molar-refractivity contribution in [3.05, 3.63) is 33.5 Å². The van der Waals surface area contributed by atoms with Crippen LogP contribution >= 0.6 is 27.3 Å². The van der Waals surface area contributed by atoms with Crippen LogP contribution in [-0.4, -0.2) is 23.3 Å². The van der Waals surface area contributed by atoms with Crippen molar-refractivity contribution < 1.29 is 4.39 Å². The molecule has 1 aromatic carbocycles. The quantitative estimate of drug-likeness (QED) is 0.813. The van der Waals surface area contributed by atoms with Gasteiger partial charge in [0.25, 0.3) is 0 Å². The lowest BCUT2D eigenvalue weighted by Crippen LogP contribution is -2.14. The van der Waals surface area contributed by atoms with E-state index < -0.39 is 0 Å². The zero-order valence-electron chi connectivity index (χ0n) is 10.6. The molecule has 0 atom stereocenters. The van der Waals surface area contributed by atoms with Gasteiger partial charge in [0, 0.05) is 16.5 Å². The van der Waals surface area contributed by atoms with Gasteiger partial charge in [0.05, 0.1) is 0 Å². The average molecular weight is 344 g/mol. The smallest absolute Gasteiger partial charge is 0.150 e. The summed E-state index contributed by atoms with van der Waals surface area (Å²) in [6.45, 7) is 4.03. The molecule has 2 aromatic rings. The summed E-state index contributed by atoms with van der Waals surface area (Å²) in [6.07, 6.45) is 1.89. The minimum absolute atomic E-state index is 0.265. The van der Waals surface area contributed by atoms with E-state index in [4.69, 9.17) is 0 Å². The van der Waals surface area contributed by atoms with E-state index in [1.165, 1.54) is 17.4 Å². The van der Waals surface area contributed by atoms with E-state index in [1.54, 1.807) is 12.1 Å². The monoisotopic (exact) mass is 343 g/mol. The highest BCUT2D eigenvalue weighted by Crippen LogP contribution is 2.29. The van der Waals surface area contributed by atoms with Gasteiger partial charge in [-0.05, 0) is 37.7 Å². The summed E-state index contributed by atoms with van der Waals surface area (Å²) in [4.78, 5) is 0. The van der Waals surface area contributed by atoms with Gasteiger partial charge >= 0.3 is 0 Å². The fourth-order valence-electron chi connectivity index (χ4n) is 1.67. The molecule has 0 unspecified atom stereocenters. The third-order valence-electron chi connectivity index (χ3n) is 2.62. The molecular weight excluding hydrogens is 329 g/mol. The van der Waals surface area contributed by atoms with E-state index in [2.05, 4.69) is 38.4 Å². The Kier molecular flexibility index (Phi) is 5.42. The second-order valence-corrected chi connectivity index (χ2v) is 6.06. The van der Waals surface area contributed by atoms with E-state index in [0.29, 0.717) is 10.6 Å².